The first-order chi connectivity index (χ1) is 31.2. The van der Waals surface area contributed by atoms with Gasteiger partial charge in [-0.2, -0.15) is 0 Å². The molecule has 0 bridgehead atoms. The van der Waals surface area contributed by atoms with Crippen LogP contribution in [-0.4, -0.2) is 0 Å². The third kappa shape index (κ3) is 5.67. The van der Waals surface area contributed by atoms with E-state index in [0.29, 0.717) is 0 Å². The Morgan fingerprint density at radius 2 is 0.619 bits per heavy atom. The second-order valence-electron chi connectivity index (χ2n) is 16.4. The second-order valence-corrected chi connectivity index (χ2v) is 16.4. The number of furan rings is 2. The molecule has 63 heavy (non-hydrogen) atoms. The van der Waals surface area contributed by atoms with Gasteiger partial charge in [-0.3, -0.25) is 0 Å². The molecule has 294 valence electrons. The molecule has 0 aliphatic rings. The first kappa shape index (κ1) is 35.4. The molecule has 3 heteroatoms. The van der Waals surface area contributed by atoms with Gasteiger partial charge in [-0.15, -0.1) is 0 Å². The van der Waals surface area contributed by atoms with Crippen LogP contribution in [0.1, 0.15) is 0 Å². The molecule has 0 unspecified atom stereocenters. The third-order valence-corrected chi connectivity index (χ3v) is 12.9. The minimum atomic E-state index is 0.892. The number of hydrogen-bond acceptors (Lipinski definition) is 3. The molecule has 0 spiro atoms. The lowest BCUT2D eigenvalue weighted by atomic mass is 9.97. The van der Waals surface area contributed by atoms with Gasteiger partial charge in [0.1, 0.15) is 22.3 Å². The number of fused-ring (bicyclic) bond motifs is 11. The Balaban J connectivity index is 0.923. The fourth-order valence-electron chi connectivity index (χ4n) is 9.88. The molecule has 0 radical (unpaired) electrons. The van der Waals surface area contributed by atoms with Gasteiger partial charge in [0, 0.05) is 49.4 Å². The third-order valence-electron chi connectivity index (χ3n) is 12.9. The summed E-state index contributed by atoms with van der Waals surface area (Å²) in [5.74, 6) is 0. The van der Waals surface area contributed by atoms with Gasteiger partial charge in [-0.1, -0.05) is 164 Å². The van der Waals surface area contributed by atoms with Crippen molar-refractivity contribution in [1.29, 1.82) is 0 Å². The molecule has 0 amide bonds. The first-order valence-electron chi connectivity index (χ1n) is 21.5. The van der Waals surface area contributed by atoms with Gasteiger partial charge in [-0.05, 0) is 116 Å². The molecule has 2 aromatic heterocycles. The molecule has 13 aromatic rings. The number of rotatable bonds is 6. The molecule has 0 saturated heterocycles. The minimum Gasteiger partial charge on any atom is -0.455 e. The quantitative estimate of drug-likeness (QED) is 0.168. The summed E-state index contributed by atoms with van der Waals surface area (Å²) in [6.07, 6.45) is 0. The molecule has 3 nitrogen and oxygen atoms in total. The highest BCUT2D eigenvalue weighted by Crippen LogP contribution is 2.44. The predicted octanol–water partition coefficient (Wildman–Crippen LogP) is 17.4. The van der Waals surface area contributed by atoms with Crippen molar-refractivity contribution in [2.45, 2.75) is 0 Å². The maximum absolute atomic E-state index is 6.56. The normalized spacial score (nSPS) is 11.8. The van der Waals surface area contributed by atoms with Crippen molar-refractivity contribution in [2.75, 3.05) is 4.90 Å². The van der Waals surface area contributed by atoms with E-state index < -0.39 is 0 Å². The van der Waals surface area contributed by atoms with Crippen molar-refractivity contribution in [2.24, 2.45) is 0 Å². The zero-order chi connectivity index (χ0) is 41.4. The second kappa shape index (κ2) is 14.1. The fourth-order valence-corrected chi connectivity index (χ4v) is 9.88. The van der Waals surface area contributed by atoms with E-state index in [-0.39, 0.29) is 0 Å². The van der Waals surface area contributed by atoms with Crippen LogP contribution in [0.25, 0.3) is 110 Å². The van der Waals surface area contributed by atoms with E-state index in [0.717, 1.165) is 94.0 Å². The zero-order valence-corrected chi connectivity index (χ0v) is 34.1. The van der Waals surface area contributed by atoms with E-state index in [2.05, 4.69) is 229 Å². The van der Waals surface area contributed by atoms with Crippen molar-refractivity contribution >= 4 is 93.3 Å². The maximum atomic E-state index is 6.56. The summed E-state index contributed by atoms with van der Waals surface area (Å²) < 4.78 is 13.1. The molecule has 0 saturated carbocycles. The Kier molecular flexibility index (Phi) is 7.91. The van der Waals surface area contributed by atoms with E-state index in [1.807, 2.05) is 0 Å². The summed E-state index contributed by atoms with van der Waals surface area (Å²) in [6, 6.07) is 80.4. The SMILES string of the molecule is c1ccc2c(-c3ccc(N(c4ccc(-c5cccc6oc7c8ccccc8ccc7c56)cc4)c4ccc(-c5cccc6oc7c8ccccc8ccc7c56)cc4)cc3)cccc2c1. The zero-order valence-electron chi connectivity index (χ0n) is 34.1. The van der Waals surface area contributed by atoms with E-state index in [4.69, 9.17) is 8.83 Å². The summed E-state index contributed by atoms with van der Waals surface area (Å²) in [7, 11) is 0. The van der Waals surface area contributed by atoms with Crippen LogP contribution in [0.15, 0.2) is 233 Å². The number of nitrogens with zero attached hydrogens (tertiary/aromatic N) is 1. The fraction of sp³-hybridized carbons (Fsp3) is 0. The van der Waals surface area contributed by atoms with Crippen LogP contribution in [0, 0.1) is 0 Å². The predicted molar refractivity (Wildman–Crippen MR) is 265 cm³/mol. The van der Waals surface area contributed by atoms with Crippen LogP contribution in [0.5, 0.6) is 0 Å². The monoisotopic (exact) mass is 803 g/mol. The highest BCUT2D eigenvalue weighted by Gasteiger charge is 2.19. The number of hydrogen-bond donors (Lipinski definition) is 0. The molecule has 11 aromatic carbocycles. The van der Waals surface area contributed by atoms with Gasteiger partial charge < -0.3 is 13.7 Å². The van der Waals surface area contributed by atoms with E-state index in [1.165, 1.54) is 32.7 Å². The average molecular weight is 804 g/mol. The molecule has 0 atom stereocenters. The minimum absolute atomic E-state index is 0.892. The molecule has 13 rings (SSSR count). The van der Waals surface area contributed by atoms with E-state index in [9.17, 15) is 0 Å². The van der Waals surface area contributed by atoms with Crippen molar-refractivity contribution < 1.29 is 8.83 Å². The highest BCUT2D eigenvalue weighted by atomic mass is 16.3. The van der Waals surface area contributed by atoms with Crippen molar-refractivity contribution in [3.8, 4) is 33.4 Å². The van der Waals surface area contributed by atoms with Crippen LogP contribution in [0.2, 0.25) is 0 Å². The lowest BCUT2D eigenvalue weighted by molar-refractivity contribution is 0.672. The van der Waals surface area contributed by atoms with Crippen molar-refractivity contribution in [3.63, 3.8) is 0 Å². The highest BCUT2D eigenvalue weighted by molar-refractivity contribution is 6.20. The van der Waals surface area contributed by atoms with Crippen LogP contribution >= 0.6 is 0 Å². The maximum Gasteiger partial charge on any atom is 0.143 e. The van der Waals surface area contributed by atoms with Crippen molar-refractivity contribution in [3.05, 3.63) is 224 Å². The Morgan fingerprint density at radius 3 is 1.10 bits per heavy atom. The number of anilines is 3. The van der Waals surface area contributed by atoms with Gasteiger partial charge in [0.2, 0.25) is 0 Å². The largest absolute Gasteiger partial charge is 0.455 e. The van der Waals surface area contributed by atoms with Gasteiger partial charge in [0.25, 0.3) is 0 Å². The summed E-state index contributed by atoms with van der Waals surface area (Å²) in [5.41, 5.74) is 13.8. The Morgan fingerprint density at radius 1 is 0.254 bits per heavy atom. The summed E-state index contributed by atoms with van der Waals surface area (Å²) >= 11 is 0. The Bertz CT molecular complexity index is 3690. The summed E-state index contributed by atoms with van der Waals surface area (Å²) in [5, 5.41) is 11.6. The molecular formula is C60H37NO2. The van der Waals surface area contributed by atoms with Gasteiger partial charge in [-0.25, -0.2) is 0 Å². The lowest BCUT2D eigenvalue weighted by Crippen LogP contribution is -2.09. The van der Waals surface area contributed by atoms with E-state index in [1.54, 1.807) is 0 Å². The number of benzene rings is 11. The van der Waals surface area contributed by atoms with Crippen LogP contribution < -0.4 is 4.90 Å². The topological polar surface area (TPSA) is 29.5 Å². The summed E-state index contributed by atoms with van der Waals surface area (Å²) in [4.78, 5) is 2.35. The van der Waals surface area contributed by atoms with Gasteiger partial charge >= 0.3 is 0 Å². The van der Waals surface area contributed by atoms with Crippen LogP contribution in [-0.2, 0) is 0 Å². The van der Waals surface area contributed by atoms with E-state index >= 15 is 0 Å². The standard InChI is InChI=1S/C60H37NO2/c1-4-14-47-38(10-1)13-7-17-48(47)41-22-30-44(31-23-41)61(45-32-24-42(25-33-45)49-18-8-20-55-57(49)53-36-28-39-11-2-5-15-51(39)59(53)62-55)46-34-26-43(27-35-46)50-19-9-21-56-58(50)54-37-29-40-12-3-6-16-52(40)60(54)63-56/h1-37H. The smallest absolute Gasteiger partial charge is 0.143 e. The molecular weight excluding hydrogens is 767 g/mol. The molecule has 0 aliphatic heterocycles. The molecule has 0 N–H and O–H groups in total. The average Bonchev–Trinajstić information content (AvgIpc) is 3.94. The van der Waals surface area contributed by atoms with Gasteiger partial charge in [0.15, 0.2) is 0 Å². The lowest BCUT2D eigenvalue weighted by Gasteiger charge is -2.26. The molecule has 0 fully saturated rings. The van der Waals surface area contributed by atoms with Crippen molar-refractivity contribution in [1.82, 2.24) is 0 Å². The molecule has 0 aliphatic carbocycles. The van der Waals surface area contributed by atoms with Crippen LogP contribution in [0.4, 0.5) is 17.1 Å². The Hall–Kier alpha value is -8.40. The van der Waals surface area contributed by atoms with Crippen LogP contribution in [0.3, 0.4) is 0 Å². The van der Waals surface area contributed by atoms with Gasteiger partial charge in [0.05, 0.1) is 0 Å². The Labute approximate surface area is 363 Å². The summed E-state index contributed by atoms with van der Waals surface area (Å²) in [6.45, 7) is 0. The first-order valence-corrected chi connectivity index (χ1v) is 21.5. The molecule has 2 heterocycles.